The van der Waals surface area contributed by atoms with E-state index >= 15 is 0 Å². The van der Waals surface area contributed by atoms with Crippen molar-refractivity contribution in [3.05, 3.63) is 0 Å². The molecular formula is C50H67BrO33. The Balaban J connectivity index is 1.97. The van der Waals surface area contributed by atoms with Crippen molar-refractivity contribution in [2.75, 3.05) is 26.4 Å². The number of rotatable bonds is 23. The van der Waals surface area contributed by atoms with Gasteiger partial charge in [-0.2, -0.15) is 0 Å². The van der Waals surface area contributed by atoms with Crippen molar-refractivity contribution in [2.24, 2.45) is 0 Å². The van der Waals surface area contributed by atoms with Crippen LogP contribution in [0.15, 0.2) is 0 Å². The number of halogens is 1. The summed E-state index contributed by atoms with van der Waals surface area (Å²) < 4.78 is 116. The lowest BCUT2D eigenvalue weighted by atomic mass is 9.94. The first kappa shape index (κ1) is 69.8. The summed E-state index contributed by atoms with van der Waals surface area (Å²) in [6, 6.07) is 0. The van der Waals surface area contributed by atoms with E-state index in [0.29, 0.717) is 0 Å². The Morgan fingerprint density at radius 1 is 0.250 bits per heavy atom. The fourth-order valence-corrected chi connectivity index (χ4v) is 9.71. The van der Waals surface area contributed by atoms with Crippen LogP contribution in [0.5, 0.6) is 0 Å². The molecule has 0 aliphatic carbocycles. The largest absolute Gasteiger partial charge is 0.463 e. The molecule has 4 fully saturated rings. The second-order valence-electron chi connectivity index (χ2n) is 18.8. The van der Waals surface area contributed by atoms with Crippen LogP contribution in [0.3, 0.4) is 0 Å². The highest BCUT2D eigenvalue weighted by atomic mass is 79.9. The third-order valence-electron chi connectivity index (χ3n) is 11.7. The normalized spacial score (nSPS) is 32.7. The van der Waals surface area contributed by atoms with Crippen molar-refractivity contribution in [1.29, 1.82) is 0 Å². The van der Waals surface area contributed by atoms with Crippen LogP contribution in [-0.4, -0.2) is 226 Å². The molecule has 0 aromatic rings. The Morgan fingerprint density at radius 2 is 0.440 bits per heavy atom. The molecule has 0 amide bonds. The zero-order valence-electron chi connectivity index (χ0n) is 47.7. The summed E-state index contributed by atoms with van der Waals surface area (Å²) in [7, 11) is 0. The molecule has 33 nitrogen and oxygen atoms in total. The molecular weight excluding hydrogens is 1210 g/mol. The molecule has 4 aliphatic heterocycles. The number of carbonyl (C=O) groups is 13. The average molecular weight is 1280 g/mol. The van der Waals surface area contributed by atoms with E-state index in [0.717, 1.165) is 90.0 Å². The molecule has 0 unspecified atom stereocenters. The van der Waals surface area contributed by atoms with Gasteiger partial charge < -0.3 is 94.7 Å². The van der Waals surface area contributed by atoms with Crippen LogP contribution in [0.2, 0.25) is 0 Å². The maximum Gasteiger partial charge on any atom is 0.303 e. The molecule has 4 heterocycles. The summed E-state index contributed by atoms with van der Waals surface area (Å²) in [5.74, 6) is -13.0. The van der Waals surface area contributed by atoms with E-state index in [1.54, 1.807) is 0 Å². The molecule has 4 rings (SSSR count). The van der Waals surface area contributed by atoms with Crippen molar-refractivity contribution < 1.29 is 157 Å². The summed E-state index contributed by atoms with van der Waals surface area (Å²) >= 11 is 3.24. The van der Waals surface area contributed by atoms with Crippen molar-refractivity contribution in [2.45, 2.75) is 212 Å². The number of carbonyl (C=O) groups excluding carboxylic acids is 13. The van der Waals surface area contributed by atoms with Gasteiger partial charge in [0, 0.05) is 90.0 Å². The highest BCUT2D eigenvalue weighted by molar-refractivity contribution is 9.09. The van der Waals surface area contributed by atoms with E-state index in [1.165, 1.54) is 0 Å². The monoisotopic (exact) mass is 1270 g/mol. The smallest absolute Gasteiger partial charge is 0.303 e. The first-order chi connectivity index (χ1) is 39.3. The summed E-state index contributed by atoms with van der Waals surface area (Å²) in [6.45, 7) is 9.42. The molecule has 0 aromatic heterocycles. The fourth-order valence-electron chi connectivity index (χ4n) is 9.03. The molecule has 0 N–H and O–H groups in total. The van der Waals surface area contributed by atoms with E-state index in [2.05, 4.69) is 15.9 Å². The third kappa shape index (κ3) is 20.8. The number of ether oxygens (including phenoxy) is 20. The molecule has 472 valence electrons. The zero-order valence-corrected chi connectivity index (χ0v) is 49.3. The van der Waals surface area contributed by atoms with Gasteiger partial charge in [-0.25, -0.2) is 0 Å². The number of hydrogen-bond donors (Lipinski definition) is 0. The van der Waals surface area contributed by atoms with Crippen LogP contribution in [-0.2, 0) is 157 Å². The lowest BCUT2D eigenvalue weighted by molar-refractivity contribution is -0.385. The zero-order chi connectivity index (χ0) is 63.0. The van der Waals surface area contributed by atoms with Crippen LogP contribution < -0.4 is 0 Å². The van der Waals surface area contributed by atoms with Gasteiger partial charge >= 0.3 is 77.6 Å². The molecule has 4 saturated heterocycles. The van der Waals surface area contributed by atoms with Crippen molar-refractivity contribution in [1.82, 2.24) is 0 Å². The summed E-state index contributed by atoms with van der Waals surface area (Å²) in [4.78, 5) is 165. The second kappa shape index (κ2) is 32.0. The lowest BCUT2D eigenvalue weighted by Crippen LogP contribution is -2.69. The highest BCUT2D eigenvalue weighted by Gasteiger charge is 2.61. The molecule has 0 radical (unpaired) electrons. The maximum absolute atomic E-state index is 13.3. The molecule has 0 saturated carbocycles. The molecule has 84 heavy (non-hydrogen) atoms. The summed E-state index contributed by atoms with van der Waals surface area (Å²) in [5.41, 5.74) is 0. The summed E-state index contributed by atoms with van der Waals surface area (Å²) in [6.07, 6.45) is -35.7. The van der Waals surface area contributed by atoms with Crippen molar-refractivity contribution in [3.8, 4) is 0 Å². The highest BCUT2D eigenvalue weighted by Crippen LogP contribution is 2.40. The molecule has 0 aromatic carbocycles. The SMILES string of the molecule is CC(=O)OC[C@H]1O[C@H](Br)[C@H](OC(C)=O)[C@@H](OC(C)=O)[C@@H]1O[C@@H]1O[C@H](COC(C)=O)[C@@H](O[C@@H]2O[C@H](COC(C)=O)[C@@H](O[C@@H]3O[C@H](COC(C)=O)[C@@H](OC(C)=O)[C@H](OC(C)=O)[C@H]3OC(C)=O)[C@H](OC(C)=O)[C@H]2OC(C)=O)[C@H](OC(C)=O)[C@H]1OC(C)=O. The van der Waals surface area contributed by atoms with Gasteiger partial charge in [-0.3, -0.25) is 62.3 Å². The quantitative estimate of drug-likeness (QED) is 0.0678. The molecule has 4 aliphatic rings. The molecule has 0 spiro atoms. The molecule has 0 bridgehead atoms. The van der Waals surface area contributed by atoms with Crippen LogP contribution in [0.4, 0.5) is 0 Å². The van der Waals surface area contributed by atoms with Gasteiger partial charge in [-0.1, -0.05) is 15.9 Å². The maximum atomic E-state index is 13.3. The van der Waals surface area contributed by atoms with E-state index in [-0.39, 0.29) is 0 Å². The molecule has 20 atom stereocenters. The minimum absolute atomic E-state index is 0.638. The fraction of sp³-hybridized carbons (Fsp3) is 0.740. The first-order valence-electron chi connectivity index (χ1n) is 25.6. The van der Waals surface area contributed by atoms with Gasteiger partial charge in [0.25, 0.3) is 0 Å². The minimum Gasteiger partial charge on any atom is -0.463 e. The van der Waals surface area contributed by atoms with Gasteiger partial charge in [-0.05, 0) is 0 Å². The van der Waals surface area contributed by atoms with Crippen molar-refractivity contribution in [3.63, 3.8) is 0 Å². The number of esters is 13. The number of alkyl halides is 1. The Morgan fingerprint density at radius 3 is 0.690 bits per heavy atom. The predicted octanol–water partition coefficient (Wildman–Crippen LogP) is -0.926. The second-order valence-corrected chi connectivity index (χ2v) is 19.7. The van der Waals surface area contributed by atoms with Crippen LogP contribution in [0, 0.1) is 0 Å². The van der Waals surface area contributed by atoms with Gasteiger partial charge in [0.15, 0.2) is 78.8 Å². The van der Waals surface area contributed by atoms with Gasteiger partial charge in [0.2, 0.25) is 0 Å². The van der Waals surface area contributed by atoms with Crippen molar-refractivity contribution >= 4 is 93.5 Å². The van der Waals surface area contributed by atoms with E-state index in [1.807, 2.05) is 0 Å². The average Bonchev–Trinajstić information content (AvgIpc) is 3.03. The van der Waals surface area contributed by atoms with E-state index in [4.69, 9.17) is 94.7 Å². The first-order valence-corrected chi connectivity index (χ1v) is 26.5. The van der Waals surface area contributed by atoms with Crippen LogP contribution in [0.25, 0.3) is 0 Å². The lowest BCUT2D eigenvalue weighted by Gasteiger charge is -2.51. The van der Waals surface area contributed by atoms with Gasteiger partial charge in [0.1, 0.15) is 69.2 Å². The minimum atomic E-state index is -2.19. The standard InChI is InChI=1S/C50H67BrO33/c1-18(52)65-14-31-36(39(70-23(6)57)43(47(51)78-31)74-27(10)61)82-49-45(76-29(12)63)41(72-25(8)59)38(33(80-49)16-67-20(3)54)84-50-46(77-30(13)64)42(73-26(9)60)37(34(81-50)17-68-21(4)55)83-48-44(75-28(11)62)40(71-24(7)58)35(69-22(5)56)32(79-48)15-66-19(2)53/h31-50H,14-17H2,1-13H3/t31-,32-,33-,34-,35-,36-,37-,38-,39+,40+,41+,42+,43-,44-,45-,46-,47+,48+,49+,50+/m1/s1. The third-order valence-corrected chi connectivity index (χ3v) is 12.5. The van der Waals surface area contributed by atoms with Crippen LogP contribution in [0.1, 0.15) is 90.0 Å². The Hall–Kier alpha value is -6.69. The van der Waals surface area contributed by atoms with Crippen LogP contribution >= 0.6 is 15.9 Å². The topological polar surface area (TPSA) is 407 Å². The number of hydrogen-bond acceptors (Lipinski definition) is 33. The Kier molecular flexibility index (Phi) is 26.6. The Labute approximate surface area is 487 Å². The molecule has 34 heteroatoms. The van der Waals surface area contributed by atoms with Gasteiger partial charge in [-0.15, -0.1) is 0 Å². The van der Waals surface area contributed by atoms with E-state index < -0.39 is 226 Å². The predicted molar refractivity (Wildman–Crippen MR) is 265 cm³/mol. The van der Waals surface area contributed by atoms with E-state index in [9.17, 15) is 62.3 Å². The summed E-state index contributed by atoms with van der Waals surface area (Å²) in [5, 5.41) is -1.27. The Bertz CT molecular complexity index is 2410. The van der Waals surface area contributed by atoms with Gasteiger partial charge in [0.05, 0.1) is 0 Å².